The molecule has 1 saturated carbocycles. The van der Waals surface area contributed by atoms with Crippen molar-refractivity contribution in [2.24, 2.45) is 0 Å². The predicted octanol–water partition coefficient (Wildman–Crippen LogP) is 2.43. The van der Waals surface area contributed by atoms with Crippen LogP contribution in [-0.4, -0.2) is 39.8 Å². The molecule has 0 radical (unpaired) electrons. The lowest BCUT2D eigenvalue weighted by atomic mass is 9.94. The van der Waals surface area contributed by atoms with Crippen molar-refractivity contribution in [3.8, 4) is 0 Å². The van der Waals surface area contributed by atoms with Gasteiger partial charge in [-0.25, -0.2) is 0 Å². The second-order valence-corrected chi connectivity index (χ2v) is 6.80. The molecule has 1 aromatic heterocycles. The lowest BCUT2D eigenvalue weighted by molar-refractivity contribution is -0.146. The highest BCUT2D eigenvalue weighted by Gasteiger charge is 2.40. The third-order valence-corrected chi connectivity index (χ3v) is 5.60. The maximum absolute atomic E-state index is 11.7. The average Bonchev–Trinajstić information content (AvgIpc) is 2.79. The van der Waals surface area contributed by atoms with Gasteiger partial charge in [-0.15, -0.1) is 11.3 Å². The quantitative estimate of drug-likeness (QED) is 0.823. The molecule has 20 heavy (non-hydrogen) atoms. The van der Waals surface area contributed by atoms with Gasteiger partial charge in [-0.2, -0.15) is 0 Å². The van der Waals surface area contributed by atoms with Gasteiger partial charge in [0, 0.05) is 17.5 Å². The van der Waals surface area contributed by atoms with E-state index < -0.39 is 12.0 Å². The molecule has 1 fully saturated rings. The number of aliphatic hydroxyl groups is 1. The summed E-state index contributed by atoms with van der Waals surface area (Å²) >= 11 is 1.65. The Kier molecular flexibility index (Phi) is 4.10. The minimum Gasteiger partial charge on any atom is -0.480 e. The third kappa shape index (κ3) is 2.50. The van der Waals surface area contributed by atoms with E-state index in [1.165, 1.54) is 4.88 Å². The first kappa shape index (κ1) is 14.0. The molecule has 4 nitrogen and oxygen atoms in total. The van der Waals surface area contributed by atoms with Crippen molar-refractivity contribution < 1.29 is 15.0 Å². The molecule has 0 amide bonds. The summed E-state index contributed by atoms with van der Waals surface area (Å²) in [5.41, 5.74) is 0.935. The fourth-order valence-corrected chi connectivity index (χ4v) is 4.53. The molecule has 1 aromatic rings. The molecule has 0 bridgehead atoms. The van der Waals surface area contributed by atoms with Gasteiger partial charge < -0.3 is 10.2 Å². The van der Waals surface area contributed by atoms with Crippen LogP contribution in [0.15, 0.2) is 11.4 Å². The van der Waals surface area contributed by atoms with E-state index in [0.717, 1.165) is 50.6 Å². The van der Waals surface area contributed by atoms with Crippen LogP contribution in [0.25, 0.3) is 0 Å². The predicted molar refractivity (Wildman–Crippen MR) is 78.0 cm³/mol. The number of carboxylic acid groups (broad SMARTS) is 1. The molecule has 1 aliphatic carbocycles. The standard InChI is InChI=1S/C15H21NO3S/c17-12-5-3-1-2-4-11(12)16-8-6-13-10(7-9-20-13)14(16)15(18)19/h7,9,11-12,14,17H,1-6,8H2,(H,18,19). The van der Waals surface area contributed by atoms with Gasteiger partial charge in [-0.3, -0.25) is 9.69 Å². The number of aliphatic hydroxyl groups excluding tert-OH is 1. The van der Waals surface area contributed by atoms with Gasteiger partial charge in [0.25, 0.3) is 0 Å². The number of carbonyl (C=O) groups is 1. The minimum atomic E-state index is -0.791. The molecule has 2 aliphatic rings. The Labute approximate surface area is 123 Å². The van der Waals surface area contributed by atoms with Crippen molar-refractivity contribution in [2.45, 2.75) is 56.7 Å². The van der Waals surface area contributed by atoms with Crippen LogP contribution in [0, 0.1) is 0 Å². The number of hydrogen-bond acceptors (Lipinski definition) is 4. The van der Waals surface area contributed by atoms with Crippen molar-refractivity contribution in [2.75, 3.05) is 6.54 Å². The van der Waals surface area contributed by atoms with Crippen LogP contribution in [0.2, 0.25) is 0 Å². The van der Waals surface area contributed by atoms with Crippen LogP contribution in [-0.2, 0) is 11.2 Å². The van der Waals surface area contributed by atoms with Crippen LogP contribution in [0.3, 0.4) is 0 Å². The van der Waals surface area contributed by atoms with Gasteiger partial charge in [0.05, 0.1) is 6.10 Å². The molecular formula is C15H21NO3S. The van der Waals surface area contributed by atoms with Crippen LogP contribution >= 0.6 is 11.3 Å². The van der Waals surface area contributed by atoms with E-state index in [-0.39, 0.29) is 12.1 Å². The topological polar surface area (TPSA) is 60.8 Å². The molecule has 3 unspecified atom stereocenters. The van der Waals surface area contributed by atoms with Gasteiger partial charge in [-0.1, -0.05) is 19.3 Å². The van der Waals surface area contributed by atoms with Crippen LogP contribution in [0.4, 0.5) is 0 Å². The molecule has 0 spiro atoms. The summed E-state index contributed by atoms with van der Waals surface area (Å²) in [5, 5.41) is 22.0. The molecule has 110 valence electrons. The smallest absolute Gasteiger partial charge is 0.325 e. The van der Waals surface area contributed by atoms with E-state index in [1.54, 1.807) is 11.3 Å². The molecule has 1 aliphatic heterocycles. The number of nitrogens with zero attached hydrogens (tertiary/aromatic N) is 1. The summed E-state index contributed by atoms with van der Waals surface area (Å²) in [7, 11) is 0. The zero-order valence-corrected chi connectivity index (χ0v) is 12.3. The highest BCUT2D eigenvalue weighted by molar-refractivity contribution is 7.10. The number of thiophene rings is 1. The van der Waals surface area contributed by atoms with Crippen LogP contribution < -0.4 is 0 Å². The first-order valence-corrected chi connectivity index (χ1v) is 8.29. The summed E-state index contributed by atoms with van der Waals surface area (Å²) in [6, 6.07) is 1.35. The van der Waals surface area contributed by atoms with E-state index in [1.807, 2.05) is 16.3 Å². The summed E-state index contributed by atoms with van der Waals surface area (Å²) in [4.78, 5) is 15.0. The Hall–Kier alpha value is -0.910. The Bertz CT molecular complexity index is 487. The number of aliphatic carboxylic acids is 1. The van der Waals surface area contributed by atoms with Crippen molar-refractivity contribution >= 4 is 17.3 Å². The second kappa shape index (κ2) is 5.84. The van der Waals surface area contributed by atoms with E-state index in [2.05, 4.69) is 0 Å². The normalized spacial score (nSPS) is 31.6. The summed E-state index contributed by atoms with van der Waals surface area (Å²) in [6.07, 6.45) is 5.49. The van der Waals surface area contributed by atoms with Crippen molar-refractivity contribution in [3.63, 3.8) is 0 Å². The lowest BCUT2D eigenvalue weighted by Gasteiger charge is -2.40. The molecule has 3 atom stereocenters. The number of fused-ring (bicyclic) bond motifs is 1. The van der Waals surface area contributed by atoms with E-state index in [4.69, 9.17) is 0 Å². The molecular weight excluding hydrogens is 274 g/mol. The first-order chi connectivity index (χ1) is 9.68. The van der Waals surface area contributed by atoms with E-state index >= 15 is 0 Å². The maximum atomic E-state index is 11.7. The second-order valence-electron chi connectivity index (χ2n) is 5.80. The number of hydrogen-bond donors (Lipinski definition) is 2. The fraction of sp³-hybridized carbons (Fsp3) is 0.667. The highest BCUT2D eigenvalue weighted by atomic mass is 32.1. The fourth-order valence-electron chi connectivity index (χ4n) is 3.62. The Morgan fingerprint density at radius 3 is 2.90 bits per heavy atom. The number of carboxylic acids is 1. The minimum absolute atomic E-state index is 0.00773. The van der Waals surface area contributed by atoms with Gasteiger partial charge in [0.1, 0.15) is 6.04 Å². The monoisotopic (exact) mass is 295 g/mol. The Morgan fingerprint density at radius 1 is 1.30 bits per heavy atom. The summed E-state index contributed by atoms with van der Waals surface area (Å²) in [5.74, 6) is -0.791. The van der Waals surface area contributed by atoms with E-state index in [9.17, 15) is 15.0 Å². The zero-order valence-electron chi connectivity index (χ0n) is 11.5. The lowest BCUT2D eigenvalue weighted by Crippen LogP contribution is -2.50. The molecule has 5 heteroatoms. The Balaban J connectivity index is 1.90. The summed E-state index contributed by atoms with van der Waals surface area (Å²) < 4.78 is 0. The van der Waals surface area contributed by atoms with Gasteiger partial charge >= 0.3 is 5.97 Å². The van der Waals surface area contributed by atoms with Gasteiger partial charge in [0.2, 0.25) is 0 Å². The number of rotatable bonds is 2. The maximum Gasteiger partial charge on any atom is 0.325 e. The molecule has 2 N–H and O–H groups in total. The highest BCUT2D eigenvalue weighted by Crippen LogP contribution is 2.37. The average molecular weight is 295 g/mol. The molecule has 0 saturated heterocycles. The third-order valence-electron chi connectivity index (χ3n) is 4.61. The largest absolute Gasteiger partial charge is 0.480 e. The first-order valence-electron chi connectivity index (χ1n) is 7.41. The molecule has 3 rings (SSSR count). The van der Waals surface area contributed by atoms with Crippen molar-refractivity contribution in [1.82, 2.24) is 4.90 Å². The zero-order chi connectivity index (χ0) is 14.1. The van der Waals surface area contributed by atoms with Crippen molar-refractivity contribution in [3.05, 3.63) is 21.9 Å². The van der Waals surface area contributed by atoms with Crippen LogP contribution in [0.1, 0.15) is 48.6 Å². The van der Waals surface area contributed by atoms with Gasteiger partial charge in [0.15, 0.2) is 0 Å². The van der Waals surface area contributed by atoms with Crippen LogP contribution in [0.5, 0.6) is 0 Å². The van der Waals surface area contributed by atoms with E-state index in [0.29, 0.717) is 0 Å². The SMILES string of the molecule is O=C(O)C1c2ccsc2CCN1C1CCCCCC1O. The molecule has 0 aromatic carbocycles. The van der Waals surface area contributed by atoms with Crippen molar-refractivity contribution in [1.29, 1.82) is 0 Å². The van der Waals surface area contributed by atoms with Gasteiger partial charge in [-0.05, 0) is 36.3 Å². The summed E-state index contributed by atoms with van der Waals surface area (Å²) in [6.45, 7) is 0.742. The Morgan fingerprint density at radius 2 is 2.10 bits per heavy atom. The molecule has 2 heterocycles.